The van der Waals surface area contributed by atoms with Gasteiger partial charge in [-0.05, 0) is 92.1 Å². The average molecular weight is 511 g/mol. The smallest absolute Gasteiger partial charge is 0.243 e. The van der Waals surface area contributed by atoms with Crippen LogP contribution in [0.15, 0.2) is 64.1 Å². The first-order valence-electron chi connectivity index (χ1n) is 13.5. The van der Waals surface area contributed by atoms with E-state index in [4.69, 9.17) is 11.5 Å². The fraction of sp³-hybridized carbons (Fsp3) is 0.567. The zero-order valence-corrected chi connectivity index (χ0v) is 24.1. The summed E-state index contributed by atoms with van der Waals surface area (Å²) in [5.41, 5.74) is 18.9. The van der Waals surface area contributed by atoms with E-state index in [1.165, 1.54) is 16.7 Å². The maximum absolute atomic E-state index is 12.3. The van der Waals surface area contributed by atoms with E-state index in [1.807, 2.05) is 20.3 Å². The highest BCUT2D eigenvalue weighted by Gasteiger charge is 2.10. The van der Waals surface area contributed by atoms with Crippen molar-refractivity contribution in [2.75, 3.05) is 13.1 Å². The number of carbonyl (C=O) groups is 1. The molecule has 0 atom stereocenters. The topological polar surface area (TPSA) is 100 Å². The number of hydrogen-bond donors (Lipinski definition) is 2. The monoisotopic (exact) mass is 510 g/mol. The van der Waals surface area contributed by atoms with E-state index in [2.05, 4.69) is 71.6 Å². The average Bonchev–Trinajstić information content (AvgIpc) is 3.15. The number of imidazole rings is 1. The minimum atomic E-state index is -0.120. The van der Waals surface area contributed by atoms with Gasteiger partial charge in [0, 0.05) is 19.0 Å². The number of allylic oxidation sites excluding steroid dienone is 7. The number of rotatable bonds is 17. The van der Waals surface area contributed by atoms with Crippen molar-refractivity contribution in [1.29, 1.82) is 0 Å². The molecule has 0 aliphatic carbocycles. The number of carbonyl (C=O) groups excluding carboxylic acids is 1. The first-order valence-corrected chi connectivity index (χ1v) is 13.5. The predicted molar refractivity (Wildman–Crippen MR) is 156 cm³/mol. The summed E-state index contributed by atoms with van der Waals surface area (Å²) < 4.78 is 4.18. The van der Waals surface area contributed by atoms with Crippen LogP contribution in [0.3, 0.4) is 0 Å². The second kappa shape index (κ2) is 18.2. The number of aliphatic imine (C=N–C) groups is 1. The van der Waals surface area contributed by atoms with Gasteiger partial charge in [0.25, 0.3) is 0 Å². The molecule has 0 saturated carbocycles. The molecule has 7 nitrogen and oxygen atoms in total. The van der Waals surface area contributed by atoms with Crippen molar-refractivity contribution < 1.29 is 9.36 Å². The second-order valence-corrected chi connectivity index (χ2v) is 10.2. The maximum atomic E-state index is 12.3. The molecule has 0 fully saturated rings. The van der Waals surface area contributed by atoms with Crippen molar-refractivity contribution in [3.8, 4) is 0 Å². The second-order valence-electron chi connectivity index (χ2n) is 10.2. The SMILES string of the molecule is CC(C)=CCC/C(C)=C/CC/C(C)=C/CC/C(C)=C/C(=O)NCCc1c[n+](CCCN=C([NH-])N)cn1C. The van der Waals surface area contributed by atoms with E-state index >= 15 is 0 Å². The lowest BCUT2D eigenvalue weighted by molar-refractivity contribution is -0.696. The number of nitrogens with zero attached hydrogens (tertiary/aromatic N) is 3. The summed E-state index contributed by atoms with van der Waals surface area (Å²) in [4.78, 5) is 16.2. The quantitative estimate of drug-likeness (QED) is 0.0683. The molecule has 0 unspecified atom stereocenters. The first-order chi connectivity index (χ1) is 17.6. The highest BCUT2D eigenvalue weighted by molar-refractivity contribution is 5.88. The number of guanidine groups is 1. The van der Waals surface area contributed by atoms with E-state index in [0.29, 0.717) is 13.1 Å². The third-order valence-corrected chi connectivity index (χ3v) is 6.16. The third-order valence-electron chi connectivity index (χ3n) is 6.16. The lowest BCUT2D eigenvalue weighted by Gasteiger charge is -2.04. The Morgan fingerprint density at radius 2 is 1.62 bits per heavy atom. The van der Waals surface area contributed by atoms with Crippen molar-refractivity contribution >= 4 is 11.9 Å². The summed E-state index contributed by atoms with van der Waals surface area (Å²) in [6, 6.07) is 0. The normalized spacial score (nSPS) is 13.1. The standard InChI is InChI=1S/C30H50N6O/c1-24(2)11-7-12-25(3)13-8-14-26(4)15-9-16-27(5)21-29(37)33-19-17-28-22-36(23-35(28)6)20-10-18-34-30(31)32/h11,13,15,21-23H,7-10,12,14,16-20H2,1-6H3,(H4-,31,32,33,34,37)/b25-13+,26-15+,27-21+. The van der Waals surface area contributed by atoms with Crippen molar-refractivity contribution in [3.05, 3.63) is 70.5 Å². The number of hydrogen-bond acceptors (Lipinski definition) is 2. The van der Waals surface area contributed by atoms with Crippen LogP contribution in [0.1, 0.15) is 85.3 Å². The molecule has 37 heavy (non-hydrogen) atoms. The summed E-state index contributed by atoms with van der Waals surface area (Å²) in [5, 5.41) is 3.01. The molecule has 0 radical (unpaired) electrons. The Balaban J connectivity index is 2.31. The van der Waals surface area contributed by atoms with Gasteiger partial charge in [0.2, 0.25) is 12.2 Å². The summed E-state index contributed by atoms with van der Waals surface area (Å²) in [6.07, 6.45) is 20.8. The van der Waals surface area contributed by atoms with E-state index in [9.17, 15) is 4.79 Å². The predicted octanol–water partition coefficient (Wildman–Crippen LogP) is 5.87. The molecule has 0 saturated heterocycles. The Kier molecular flexibility index (Phi) is 15.7. The minimum Gasteiger partial charge on any atom is -0.454 e. The molecule has 1 rings (SSSR count). The third kappa shape index (κ3) is 16.3. The molecule has 0 aliphatic rings. The van der Waals surface area contributed by atoms with Gasteiger partial charge in [0.15, 0.2) is 0 Å². The molecule has 7 heteroatoms. The Labute approximate surface area is 225 Å². The number of nitrogens with two attached hydrogens (primary N) is 1. The first kappa shape index (κ1) is 31.9. The van der Waals surface area contributed by atoms with Crippen molar-refractivity contribution in [2.24, 2.45) is 17.8 Å². The molecule has 206 valence electrons. The molecule has 0 bridgehead atoms. The van der Waals surface area contributed by atoms with Crippen LogP contribution in [0.25, 0.3) is 5.73 Å². The van der Waals surface area contributed by atoms with Gasteiger partial charge in [-0.2, -0.15) is 0 Å². The largest absolute Gasteiger partial charge is 0.454 e. The van der Waals surface area contributed by atoms with E-state index in [0.717, 1.165) is 69.2 Å². The summed E-state index contributed by atoms with van der Waals surface area (Å²) >= 11 is 0. The zero-order chi connectivity index (χ0) is 27.6. The molecule has 4 N–H and O–H groups in total. The summed E-state index contributed by atoms with van der Waals surface area (Å²) in [6.45, 7) is 12.7. The van der Waals surface area contributed by atoms with Gasteiger partial charge in [0.1, 0.15) is 11.9 Å². The number of aromatic nitrogens is 2. The maximum Gasteiger partial charge on any atom is 0.243 e. The fourth-order valence-electron chi connectivity index (χ4n) is 3.97. The molecular weight excluding hydrogens is 460 g/mol. The van der Waals surface area contributed by atoms with Crippen molar-refractivity contribution in [1.82, 2.24) is 9.88 Å². The van der Waals surface area contributed by atoms with Gasteiger partial charge in [-0.1, -0.05) is 40.5 Å². The molecule has 1 amide bonds. The van der Waals surface area contributed by atoms with Gasteiger partial charge < -0.3 is 21.8 Å². The zero-order valence-electron chi connectivity index (χ0n) is 24.1. The van der Waals surface area contributed by atoms with Gasteiger partial charge in [-0.15, -0.1) is 0 Å². The molecule has 1 aromatic heterocycles. The molecule has 0 aliphatic heterocycles. The molecule has 1 heterocycles. The molecule has 0 spiro atoms. The number of amides is 1. The van der Waals surface area contributed by atoms with Crippen LogP contribution in [0.4, 0.5) is 0 Å². The Bertz CT molecular complexity index is 986. The summed E-state index contributed by atoms with van der Waals surface area (Å²) in [5.74, 6) is -0.148. The molecular formula is C30H50N6O. The number of nitrogens with one attached hydrogen (secondary N) is 2. The van der Waals surface area contributed by atoms with Gasteiger partial charge in [-0.25, -0.2) is 9.13 Å². The lowest BCUT2D eigenvalue weighted by Crippen LogP contribution is -2.31. The molecule has 0 aromatic carbocycles. The van der Waals surface area contributed by atoms with E-state index in [1.54, 1.807) is 6.08 Å². The Morgan fingerprint density at radius 1 is 1.03 bits per heavy atom. The van der Waals surface area contributed by atoms with Crippen LogP contribution in [-0.4, -0.2) is 29.5 Å². The Hall–Kier alpha value is -3.09. The van der Waals surface area contributed by atoms with Gasteiger partial charge in [-0.3, -0.25) is 4.79 Å². The number of aryl methyl sites for hydroxylation is 2. The van der Waals surface area contributed by atoms with E-state index in [-0.39, 0.29) is 11.9 Å². The van der Waals surface area contributed by atoms with Gasteiger partial charge in [0.05, 0.1) is 13.6 Å². The van der Waals surface area contributed by atoms with Crippen LogP contribution in [-0.2, 0) is 24.8 Å². The summed E-state index contributed by atoms with van der Waals surface area (Å²) in [7, 11) is 2.01. The molecule has 1 aromatic rings. The van der Waals surface area contributed by atoms with Crippen LogP contribution < -0.4 is 15.6 Å². The van der Waals surface area contributed by atoms with Gasteiger partial charge >= 0.3 is 0 Å². The van der Waals surface area contributed by atoms with E-state index < -0.39 is 0 Å². The van der Waals surface area contributed by atoms with Crippen LogP contribution in [0, 0.1) is 0 Å². The van der Waals surface area contributed by atoms with Crippen molar-refractivity contribution in [3.63, 3.8) is 0 Å². The lowest BCUT2D eigenvalue weighted by atomic mass is 10.0. The highest BCUT2D eigenvalue weighted by Crippen LogP contribution is 2.13. The van der Waals surface area contributed by atoms with Crippen LogP contribution >= 0.6 is 0 Å². The van der Waals surface area contributed by atoms with Crippen LogP contribution in [0.5, 0.6) is 0 Å². The van der Waals surface area contributed by atoms with Crippen molar-refractivity contribution in [2.45, 2.75) is 92.5 Å². The van der Waals surface area contributed by atoms with Crippen LogP contribution in [0.2, 0.25) is 0 Å². The minimum absolute atomic E-state index is 0.0279. The fourth-order valence-corrected chi connectivity index (χ4v) is 3.97. The highest BCUT2D eigenvalue weighted by atomic mass is 16.1. The Morgan fingerprint density at radius 3 is 2.22 bits per heavy atom.